The van der Waals surface area contributed by atoms with Gasteiger partial charge in [-0.3, -0.25) is 14.5 Å². The fourth-order valence-corrected chi connectivity index (χ4v) is 4.00. The summed E-state index contributed by atoms with van der Waals surface area (Å²) >= 11 is 0.947. The third-order valence-electron chi connectivity index (χ3n) is 4.56. The zero-order chi connectivity index (χ0) is 18.8. The lowest BCUT2D eigenvalue weighted by Gasteiger charge is -2.13. The van der Waals surface area contributed by atoms with E-state index in [0.29, 0.717) is 16.0 Å². The van der Waals surface area contributed by atoms with Gasteiger partial charge in [-0.15, -0.1) is 0 Å². The molecule has 26 heavy (non-hydrogen) atoms. The van der Waals surface area contributed by atoms with Gasteiger partial charge in [0.05, 0.1) is 23.1 Å². The van der Waals surface area contributed by atoms with Gasteiger partial charge in [0.15, 0.2) is 0 Å². The van der Waals surface area contributed by atoms with Gasteiger partial charge in [0.2, 0.25) is 0 Å². The van der Waals surface area contributed by atoms with Crippen LogP contribution in [0.1, 0.15) is 35.0 Å². The second-order valence-electron chi connectivity index (χ2n) is 6.11. The molecule has 0 bridgehead atoms. The first-order valence-corrected chi connectivity index (χ1v) is 9.18. The molecule has 0 atom stereocenters. The first-order valence-electron chi connectivity index (χ1n) is 8.36. The van der Waals surface area contributed by atoms with Gasteiger partial charge in [-0.1, -0.05) is 18.2 Å². The average Bonchev–Trinajstić information content (AvgIpc) is 3.05. The Labute approximate surface area is 156 Å². The largest absolute Gasteiger partial charge is 0.349 e. The van der Waals surface area contributed by atoms with Crippen molar-refractivity contribution in [1.82, 2.24) is 9.47 Å². The lowest BCUT2D eigenvalue weighted by molar-refractivity contribution is -0.123. The Morgan fingerprint density at radius 2 is 1.96 bits per heavy atom. The molecule has 0 saturated carbocycles. The molecule has 2 amide bonds. The van der Waals surface area contributed by atoms with E-state index in [1.807, 2.05) is 19.9 Å². The van der Waals surface area contributed by atoms with Gasteiger partial charge in [-0.25, -0.2) is 0 Å². The number of nitriles is 1. The minimum atomic E-state index is -0.311. The number of aryl methyl sites for hydroxylation is 1. The lowest BCUT2D eigenvalue weighted by atomic mass is 10.1. The monoisotopic (exact) mass is 365 g/mol. The van der Waals surface area contributed by atoms with Gasteiger partial charge in [-0.05, 0) is 61.9 Å². The number of thioether (sulfide) groups is 1. The summed E-state index contributed by atoms with van der Waals surface area (Å²) in [6, 6.07) is 11.1. The third kappa shape index (κ3) is 3.18. The fourth-order valence-electron chi connectivity index (χ4n) is 3.18. The first kappa shape index (κ1) is 18.0. The van der Waals surface area contributed by atoms with Crippen LogP contribution in [-0.4, -0.2) is 20.6 Å². The highest BCUT2D eigenvalue weighted by molar-refractivity contribution is 8.18. The van der Waals surface area contributed by atoms with E-state index >= 15 is 0 Å². The van der Waals surface area contributed by atoms with Crippen molar-refractivity contribution in [3.05, 3.63) is 63.3 Å². The topological polar surface area (TPSA) is 66.1 Å². The Hall–Kier alpha value is -2.78. The van der Waals surface area contributed by atoms with Crippen molar-refractivity contribution in [2.75, 3.05) is 0 Å². The van der Waals surface area contributed by atoms with E-state index in [4.69, 9.17) is 0 Å². The highest BCUT2D eigenvalue weighted by atomic mass is 32.2. The van der Waals surface area contributed by atoms with Crippen molar-refractivity contribution in [2.45, 2.75) is 33.9 Å². The number of carbonyl (C=O) groups is 2. The molecule has 1 aromatic carbocycles. The van der Waals surface area contributed by atoms with Gasteiger partial charge in [0.25, 0.3) is 11.1 Å². The number of aromatic nitrogens is 1. The van der Waals surface area contributed by atoms with E-state index in [0.717, 1.165) is 35.3 Å². The predicted octanol–water partition coefficient (Wildman–Crippen LogP) is 4.23. The molecule has 1 aromatic heterocycles. The summed E-state index contributed by atoms with van der Waals surface area (Å²) in [6.07, 6.45) is 1.79. The van der Waals surface area contributed by atoms with Gasteiger partial charge >= 0.3 is 0 Å². The molecule has 1 saturated heterocycles. The molecule has 6 heteroatoms. The van der Waals surface area contributed by atoms with Crippen LogP contribution in [-0.2, 0) is 17.9 Å². The van der Waals surface area contributed by atoms with Crippen LogP contribution >= 0.6 is 11.8 Å². The molecule has 3 rings (SSSR count). The van der Waals surface area contributed by atoms with Crippen LogP contribution < -0.4 is 0 Å². The molecule has 0 radical (unpaired) electrons. The second kappa shape index (κ2) is 7.22. The quantitative estimate of drug-likeness (QED) is 0.761. The summed E-state index contributed by atoms with van der Waals surface area (Å²) in [5.74, 6) is -0.311. The van der Waals surface area contributed by atoms with E-state index in [1.54, 1.807) is 30.3 Å². The van der Waals surface area contributed by atoms with Crippen molar-refractivity contribution < 1.29 is 9.59 Å². The standard InChI is InChI=1S/C20H19N3O2S/c1-4-22-13(2)9-17(14(22)3)10-18-19(24)23(20(25)26-18)12-16-8-6-5-7-15(16)11-21/h5-10H,4,12H2,1-3H3/b18-10+. The van der Waals surface area contributed by atoms with Crippen molar-refractivity contribution in [3.63, 3.8) is 0 Å². The molecular weight excluding hydrogens is 346 g/mol. The van der Waals surface area contributed by atoms with Crippen LogP contribution in [0.25, 0.3) is 6.08 Å². The second-order valence-corrected chi connectivity index (χ2v) is 7.10. The van der Waals surface area contributed by atoms with Gasteiger partial charge < -0.3 is 4.57 Å². The zero-order valence-electron chi connectivity index (χ0n) is 14.9. The van der Waals surface area contributed by atoms with Crippen LogP contribution in [0.3, 0.4) is 0 Å². The summed E-state index contributed by atoms with van der Waals surface area (Å²) in [5, 5.41) is 8.89. The van der Waals surface area contributed by atoms with Crippen LogP contribution in [0.2, 0.25) is 0 Å². The van der Waals surface area contributed by atoms with E-state index < -0.39 is 0 Å². The summed E-state index contributed by atoms with van der Waals surface area (Å²) < 4.78 is 2.17. The van der Waals surface area contributed by atoms with Gasteiger partial charge in [0, 0.05) is 17.9 Å². The third-order valence-corrected chi connectivity index (χ3v) is 5.46. The summed E-state index contributed by atoms with van der Waals surface area (Å²) in [6.45, 7) is 7.08. The minimum Gasteiger partial charge on any atom is -0.349 e. The molecule has 1 aliphatic heterocycles. The Bertz CT molecular complexity index is 966. The Balaban J connectivity index is 1.89. The first-order chi connectivity index (χ1) is 12.5. The number of nitrogens with zero attached hydrogens (tertiary/aromatic N) is 3. The minimum absolute atomic E-state index is 0.111. The number of amides is 2. The van der Waals surface area contributed by atoms with Crippen molar-refractivity contribution in [1.29, 1.82) is 5.26 Å². The Morgan fingerprint density at radius 3 is 2.62 bits per heavy atom. The molecule has 1 aliphatic rings. The highest BCUT2D eigenvalue weighted by Crippen LogP contribution is 2.34. The van der Waals surface area contributed by atoms with Crippen molar-refractivity contribution in [2.24, 2.45) is 0 Å². The maximum absolute atomic E-state index is 12.7. The van der Waals surface area contributed by atoms with Crippen LogP contribution in [0, 0.1) is 25.2 Å². The molecule has 0 unspecified atom stereocenters. The Kier molecular flexibility index (Phi) is 5.01. The van der Waals surface area contributed by atoms with Crippen molar-refractivity contribution >= 4 is 29.0 Å². The number of rotatable bonds is 4. The normalized spacial score (nSPS) is 15.8. The Morgan fingerprint density at radius 1 is 1.23 bits per heavy atom. The van der Waals surface area contributed by atoms with Gasteiger partial charge in [0.1, 0.15) is 0 Å². The highest BCUT2D eigenvalue weighted by Gasteiger charge is 2.35. The molecule has 0 aliphatic carbocycles. The lowest BCUT2D eigenvalue weighted by Crippen LogP contribution is -2.27. The van der Waals surface area contributed by atoms with Crippen LogP contribution in [0.15, 0.2) is 35.2 Å². The van der Waals surface area contributed by atoms with Crippen LogP contribution in [0.4, 0.5) is 4.79 Å². The number of hydrogen-bond donors (Lipinski definition) is 0. The number of hydrogen-bond acceptors (Lipinski definition) is 4. The molecule has 1 fully saturated rings. The number of imide groups is 1. The maximum Gasteiger partial charge on any atom is 0.293 e. The maximum atomic E-state index is 12.7. The molecule has 2 heterocycles. The van der Waals surface area contributed by atoms with E-state index in [-0.39, 0.29) is 17.7 Å². The smallest absolute Gasteiger partial charge is 0.293 e. The fraction of sp³-hybridized carbons (Fsp3) is 0.250. The summed E-state index contributed by atoms with van der Waals surface area (Å²) in [5.41, 5.74) is 4.29. The molecule has 132 valence electrons. The predicted molar refractivity (Wildman–Crippen MR) is 102 cm³/mol. The SMILES string of the molecule is CCn1c(C)cc(/C=C2/SC(=O)N(Cc3ccccc3C#N)C2=O)c1C. The van der Waals surface area contributed by atoms with E-state index in [9.17, 15) is 14.9 Å². The number of benzene rings is 1. The molecule has 0 spiro atoms. The van der Waals surface area contributed by atoms with E-state index in [2.05, 4.69) is 17.6 Å². The summed E-state index contributed by atoms with van der Waals surface area (Å²) in [4.78, 5) is 26.7. The molecule has 5 nitrogen and oxygen atoms in total. The molecular formula is C20H19N3O2S. The summed E-state index contributed by atoms with van der Waals surface area (Å²) in [7, 11) is 0. The molecule has 0 N–H and O–H groups in total. The number of carbonyl (C=O) groups excluding carboxylic acids is 2. The van der Waals surface area contributed by atoms with Crippen LogP contribution in [0.5, 0.6) is 0 Å². The average molecular weight is 365 g/mol. The van der Waals surface area contributed by atoms with E-state index in [1.165, 1.54) is 4.90 Å². The molecule has 2 aromatic rings. The van der Waals surface area contributed by atoms with Crippen molar-refractivity contribution in [3.8, 4) is 6.07 Å². The van der Waals surface area contributed by atoms with Gasteiger partial charge in [-0.2, -0.15) is 5.26 Å². The zero-order valence-corrected chi connectivity index (χ0v) is 15.8.